The van der Waals surface area contributed by atoms with Crippen LogP contribution in [-0.4, -0.2) is 21.8 Å². The van der Waals surface area contributed by atoms with Crippen LogP contribution in [0.1, 0.15) is 22.6 Å². The molecule has 1 N–H and O–H groups in total. The fourth-order valence-electron chi connectivity index (χ4n) is 2.32. The molecule has 3 rings (SSSR count). The smallest absolute Gasteiger partial charge is 0.246 e. The molecule has 0 unspecified atom stereocenters. The molecule has 3 aromatic rings. The monoisotopic (exact) mass is 367 g/mol. The van der Waals surface area contributed by atoms with E-state index in [0.29, 0.717) is 17.5 Å². The number of aromatic nitrogens is 2. The number of aryl methyl sites for hydroxylation is 2. The molecule has 134 valence electrons. The number of benzene rings is 2. The van der Waals surface area contributed by atoms with E-state index < -0.39 is 0 Å². The van der Waals surface area contributed by atoms with Gasteiger partial charge in [0.15, 0.2) is 0 Å². The van der Waals surface area contributed by atoms with Crippen LogP contribution in [0, 0.1) is 13.8 Å². The summed E-state index contributed by atoms with van der Waals surface area (Å²) in [7, 11) is 0. The first-order chi connectivity index (χ1) is 12.6. The third kappa shape index (κ3) is 5.20. The maximum Gasteiger partial charge on any atom is 0.246 e. The van der Waals surface area contributed by atoms with Crippen LogP contribution >= 0.6 is 11.8 Å². The number of hydrogen-bond donors (Lipinski definition) is 1. The van der Waals surface area contributed by atoms with Crippen molar-refractivity contribution in [2.24, 2.45) is 0 Å². The molecule has 5 nitrogen and oxygen atoms in total. The number of hydrogen-bond acceptors (Lipinski definition) is 5. The van der Waals surface area contributed by atoms with Gasteiger partial charge in [-0.3, -0.25) is 4.79 Å². The average Bonchev–Trinajstić information content (AvgIpc) is 3.11. The van der Waals surface area contributed by atoms with Crippen LogP contribution in [0.15, 0.2) is 53.1 Å². The molecule has 1 heterocycles. The maximum absolute atomic E-state index is 12.0. The lowest BCUT2D eigenvalue weighted by Crippen LogP contribution is -2.24. The number of carbonyl (C=O) groups is 1. The van der Waals surface area contributed by atoms with E-state index in [1.165, 1.54) is 16.7 Å². The Labute approximate surface area is 157 Å². The first-order valence-corrected chi connectivity index (χ1v) is 9.55. The number of nitrogens with zero attached hydrogens (tertiary/aromatic N) is 2. The van der Waals surface area contributed by atoms with Gasteiger partial charge in [0, 0.05) is 11.3 Å². The molecule has 0 aliphatic heterocycles. The van der Waals surface area contributed by atoms with Crippen LogP contribution in [0.4, 0.5) is 0 Å². The predicted molar refractivity (Wildman–Crippen MR) is 104 cm³/mol. The van der Waals surface area contributed by atoms with Crippen LogP contribution in [0.2, 0.25) is 0 Å². The molecule has 0 aliphatic carbocycles. The van der Waals surface area contributed by atoms with E-state index in [-0.39, 0.29) is 12.5 Å². The minimum atomic E-state index is -0.0443. The van der Waals surface area contributed by atoms with Gasteiger partial charge in [-0.2, -0.15) is 4.98 Å². The SMILES string of the molecule is Cc1ccc(CSCC(=O)NCc2nc(-c3ccc(C)cc3)no2)cc1. The number of nitrogens with one attached hydrogen (secondary N) is 1. The number of rotatable bonds is 7. The highest BCUT2D eigenvalue weighted by Crippen LogP contribution is 2.16. The molecular weight excluding hydrogens is 346 g/mol. The van der Waals surface area contributed by atoms with Crippen LogP contribution in [0.5, 0.6) is 0 Å². The maximum atomic E-state index is 12.0. The highest BCUT2D eigenvalue weighted by Gasteiger charge is 2.10. The quantitative estimate of drug-likeness (QED) is 0.686. The Morgan fingerprint density at radius 3 is 2.38 bits per heavy atom. The Bertz CT molecular complexity index is 858. The second kappa shape index (κ2) is 8.67. The summed E-state index contributed by atoms with van der Waals surface area (Å²) in [5, 5.41) is 6.77. The molecule has 0 spiro atoms. The van der Waals surface area contributed by atoms with E-state index in [0.717, 1.165) is 11.3 Å². The highest BCUT2D eigenvalue weighted by atomic mass is 32.2. The van der Waals surface area contributed by atoms with Crippen LogP contribution in [0.3, 0.4) is 0 Å². The van der Waals surface area contributed by atoms with E-state index >= 15 is 0 Å². The van der Waals surface area contributed by atoms with Gasteiger partial charge in [0.1, 0.15) is 0 Å². The van der Waals surface area contributed by atoms with Gasteiger partial charge in [0.05, 0.1) is 12.3 Å². The summed E-state index contributed by atoms with van der Waals surface area (Å²) < 4.78 is 5.20. The summed E-state index contributed by atoms with van der Waals surface area (Å²) in [6.07, 6.45) is 0. The van der Waals surface area contributed by atoms with Gasteiger partial charge in [0.25, 0.3) is 0 Å². The van der Waals surface area contributed by atoms with Crippen LogP contribution in [-0.2, 0) is 17.1 Å². The van der Waals surface area contributed by atoms with Crippen molar-refractivity contribution in [1.29, 1.82) is 0 Å². The number of amides is 1. The Balaban J connectivity index is 1.43. The van der Waals surface area contributed by atoms with Gasteiger partial charge in [-0.25, -0.2) is 0 Å². The van der Waals surface area contributed by atoms with Crippen LogP contribution in [0.25, 0.3) is 11.4 Å². The third-order valence-corrected chi connectivity index (χ3v) is 4.84. The Morgan fingerprint density at radius 2 is 1.69 bits per heavy atom. The van der Waals surface area contributed by atoms with E-state index in [9.17, 15) is 4.79 Å². The molecule has 0 saturated heterocycles. The number of thioether (sulfide) groups is 1. The molecule has 0 radical (unpaired) electrons. The standard InChI is InChI=1S/C20H21N3O2S/c1-14-3-7-16(8-4-14)12-26-13-18(24)21-11-19-22-20(23-25-19)17-9-5-15(2)6-10-17/h3-10H,11-13H2,1-2H3,(H,21,24). The molecule has 1 amide bonds. The van der Waals surface area contributed by atoms with Gasteiger partial charge < -0.3 is 9.84 Å². The second-order valence-electron chi connectivity index (χ2n) is 6.13. The highest BCUT2D eigenvalue weighted by molar-refractivity contribution is 7.99. The van der Waals surface area contributed by atoms with Gasteiger partial charge in [0.2, 0.25) is 17.6 Å². The molecule has 6 heteroatoms. The topological polar surface area (TPSA) is 68.0 Å². The first kappa shape index (κ1) is 18.2. The van der Waals surface area contributed by atoms with Crippen molar-refractivity contribution in [3.63, 3.8) is 0 Å². The second-order valence-corrected chi connectivity index (χ2v) is 7.12. The van der Waals surface area contributed by atoms with E-state index in [2.05, 4.69) is 46.6 Å². The lowest BCUT2D eigenvalue weighted by molar-refractivity contribution is -0.118. The van der Waals surface area contributed by atoms with Gasteiger partial charge in [-0.15, -0.1) is 11.8 Å². The third-order valence-electron chi connectivity index (χ3n) is 3.84. The zero-order chi connectivity index (χ0) is 18.4. The van der Waals surface area contributed by atoms with Crippen molar-refractivity contribution in [2.45, 2.75) is 26.1 Å². The van der Waals surface area contributed by atoms with Crippen molar-refractivity contribution in [3.8, 4) is 11.4 Å². The normalized spacial score (nSPS) is 10.7. The molecular formula is C20H21N3O2S. The lowest BCUT2D eigenvalue weighted by Gasteiger charge is -2.03. The van der Waals surface area contributed by atoms with Gasteiger partial charge in [-0.1, -0.05) is 64.8 Å². The van der Waals surface area contributed by atoms with E-state index in [4.69, 9.17) is 4.52 Å². The molecule has 0 fully saturated rings. The van der Waals surface area contributed by atoms with Crippen molar-refractivity contribution >= 4 is 17.7 Å². The fraction of sp³-hybridized carbons (Fsp3) is 0.250. The minimum absolute atomic E-state index is 0.0443. The van der Waals surface area contributed by atoms with Crippen molar-refractivity contribution in [3.05, 3.63) is 71.1 Å². The molecule has 1 aromatic heterocycles. The summed E-state index contributed by atoms with van der Waals surface area (Å²) in [5.41, 5.74) is 4.52. The number of carbonyl (C=O) groups excluding carboxylic acids is 1. The summed E-state index contributed by atoms with van der Waals surface area (Å²) >= 11 is 1.58. The predicted octanol–water partition coefficient (Wildman–Crippen LogP) is 3.90. The molecule has 0 bridgehead atoms. The Morgan fingerprint density at radius 1 is 1.04 bits per heavy atom. The summed E-state index contributed by atoms with van der Waals surface area (Å²) in [4.78, 5) is 16.3. The van der Waals surface area contributed by atoms with E-state index in [1.807, 2.05) is 31.2 Å². The summed E-state index contributed by atoms with van der Waals surface area (Å²) in [6.45, 7) is 4.33. The van der Waals surface area contributed by atoms with Crippen molar-refractivity contribution in [1.82, 2.24) is 15.5 Å². The fourth-order valence-corrected chi connectivity index (χ4v) is 3.14. The zero-order valence-corrected chi connectivity index (χ0v) is 15.7. The lowest BCUT2D eigenvalue weighted by atomic mass is 10.1. The molecule has 0 saturated carbocycles. The summed E-state index contributed by atoms with van der Waals surface area (Å²) in [5.74, 6) is 2.09. The molecule has 0 atom stereocenters. The Kier molecular flexibility index (Phi) is 6.07. The Hall–Kier alpha value is -2.60. The molecule has 26 heavy (non-hydrogen) atoms. The molecule has 0 aliphatic rings. The van der Waals surface area contributed by atoms with Gasteiger partial charge >= 0.3 is 0 Å². The first-order valence-electron chi connectivity index (χ1n) is 8.40. The molecule has 2 aromatic carbocycles. The minimum Gasteiger partial charge on any atom is -0.346 e. The van der Waals surface area contributed by atoms with Crippen LogP contribution < -0.4 is 5.32 Å². The zero-order valence-electron chi connectivity index (χ0n) is 14.9. The largest absolute Gasteiger partial charge is 0.346 e. The van der Waals surface area contributed by atoms with E-state index in [1.54, 1.807) is 11.8 Å². The summed E-state index contributed by atoms with van der Waals surface area (Å²) in [6, 6.07) is 16.2. The van der Waals surface area contributed by atoms with Crippen molar-refractivity contribution in [2.75, 3.05) is 5.75 Å². The average molecular weight is 367 g/mol. The van der Waals surface area contributed by atoms with Gasteiger partial charge in [-0.05, 0) is 19.4 Å². The van der Waals surface area contributed by atoms with Crippen molar-refractivity contribution < 1.29 is 9.32 Å².